The van der Waals surface area contributed by atoms with Crippen molar-refractivity contribution in [2.24, 2.45) is 0 Å². The Hall–Kier alpha value is -1.43. The molecule has 0 saturated carbocycles. The maximum absolute atomic E-state index is 11.5. The van der Waals surface area contributed by atoms with Crippen LogP contribution in [0, 0.1) is 6.92 Å². The molecule has 0 fully saturated rings. The molecule has 1 amide bonds. The van der Waals surface area contributed by atoms with E-state index in [0.717, 1.165) is 10.6 Å². The molecule has 1 aromatic heterocycles. The highest BCUT2D eigenvalue weighted by molar-refractivity contribution is 7.16. The summed E-state index contributed by atoms with van der Waals surface area (Å²) in [5, 5.41) is 3.02. The number of nitrogens with one attached hydrogen (secondary N) is 1. The Bertz CT molecular complexity index is 460. The molecule has 0 saturated heterocycles. The van der Waals surface area contributed by atoms with Gasteiger partial charge >= 0.3 is 6.09 Å². The highest BCUT2D eigenvalue weighted by Crippen LogP contribution is 2.23. The first-order chi connectivity index (χ1) is 8.17. The summed E-state index contributed by atoms with van der Waals surface area (Å²) < 4.78 is 5.12. The molecule has 5 nitrogen and oxygen atoms in total. The minimum absolute atomic E-state index is 0.0746. The van der Waals surface area contributed by atoms with Crippen molar-refractivity contribution in [3.8, 4) is 0 Å². The Balaban J connectivity index is 2.69. The molecular formula is C12H18N2O3S. The molecule has 0 unspecified atom stereocenters. The molecule has 1 heterocycles. The lowest BCUT2D eigenvalue weighted by atomic mass is 10.2. The number of hydrogen-bond acceptors (Lipinski definition) is 5. The quantitative estimate of drug-likeness (QED) is 0.917. The van der Waals surface area contributed by atoms with Crippen molar-refractivity contribution in [2.45, 2.75) is 46.6 Å². The van der Waals surface area contributed by atoms with E-state index in [1.54, 1.807) is 20.8 Å². The molecule has 0 aliphatic rings. The van der Waals surface area contributed by atoms with Gasteiger partial charge in [0.2, 0.25) is 0 Å². The number of rotatable bonds is 3. The number of hydrogen-bond donors (Lipinski definition) is 1. The summed E-state index contributed by atoms with van der Waals surface area (Å²) in [6, 6.07) is 0. The summed E-state index contributed by atoms with van der Waals surface area (Å²) >= 11 is 1.30. The maximum Gasteiger partial charge on any atom is 0.413 e. The second-order valence-electron chi connectivity index (χ2n) is 5.03. The lowest BCUT2D eigenvalue weighted by Gasteiger charge is -2.18. The monoisotopic (exact) mass is 270 g/mol. The van der Waals surface area contributed by atoms with E-state index < -0.39 is 11.7 Å². The van der Waals surface area contributed by atoms with Crippen LogP contribution in [0.4, 0.5) is 9.93 Å². The van der Waals surface area contributed by atoms with Gasteiger partial charge in [0.1, 0.15) is 11.4 Å². The van der Waals surface area contributed by atoms with Crippen molar-refractivity contribution in [1.82, 2.24) is 4.98 Å². The number of carbonyl (C=O) groups is 2. The predicted molar refractivity (Wildman–Crippen MR) is 71.1 cm³/mol. The van der Waals surface area contributed by atoms with Crippen LogP contribution in [0.25, 0.3) is 0 Å². The Kier molecular flexibility index (Phi) is 4.45. The zero-order valence-electron chi connectivity index (χ0n) is 11.3. The average Bonchev–Trinajstić information content (AvgIpc) is 2.41. The fourth-order valence-corrected chi connectivity index (χ4v) is 2.28. The Morgan fingerprint density at radius 1 is 1.39 bits per heavy atom. The number of anilines is 1. The van der Waals surface area contributed by atoms with Crippen LogP contribution in [0.5, 0.6) is 0 Å². The zero-order chi connectivity index (χ0) is 13.9. The average molecular weight is 270 g/mol. The van der Waals surface area contributed by atoms with Crippen LogP contribution in [0.1, 0.15) is 38.3 Å². The van der Waals surface area contributed by atoms with E-state index in [-0.39, 0.29) is 5.78 Å². The number of thiazole rings is 1. The summed E-state index contributed by atoms with van der Waals surface area (Å²) in [5.41, 5.74) is 0.222. The van der Waals surface area contributed by atoms with Crippen LogP contribution < -0.4 is 5.32 Å². The van der Waals surface area contributed by atoms with Crippen molar-refractivity contribution < 1.29 is 14.3 Å². The van der Waals surface area contributed by atoms with E-state index in [4.69, 9.17) is 4.74 Å². The lowest BCUT2D eigenvalue weighted by Crippen LogP contribution is -2.27. The van der Waals surface area contributed by atoms with E-state index in [0.29, 0.717) is 11.6 Å². The number of ketones is 1. The highest BCUT2D eigenvalue weighted by Gasteiger charge is 2.18. The van der Waals surface area contributed by atoms with Gasteiger partial charge in [-0.25, -0.2) is 9.78 Å². The summed E-state index contributed by atoms with van der Waals surface area (Å²) in [4.78, 5) is 27.6. The van der Waals surface area contributed by atoms with E-state index >= 15 is 0 Å². The topological polar surface area (TPSA) is 68.3 Å². The van der Waals surface area contributed by atoms with Gasteiger partial charge in [-0.2, -0.15) is 0 Å². The fourth-order valence-electron chi connectivity index (χ4n) is 1.26. The van der Waals surface area contributed by atoms with Gasteiger partial charge in [-0.05, 0) is 34.6 Å². The largest absolute Gasteiger partial charge is 0.444 e. The van der Waals surface area contributed by atoms with Crippen molar-refractivity contribution in [3.05, 3.63) is 10.6 Å². The van der Waals surface area contributed by atoms with E-state index in [9.17, 15) is 9.59 Å². The van der Waals surface area contributed by atoms with Crippen LogP contribution in [0.15, 0.2) is 0 Å². The third kappa shape index (κ3) is 4.83. The van der Waals surface area contributed by atoms with Gasteiger partial charge in [-0.15, -0.1) is 11.3 Å². The smallest absolute Gasteiger partial charge is 0.413 e. The molecule has 0 aliphatic heterocycles. The van der Waals surface area contributed by atoms with E-state index in [1.807, 2.05) is 6.92 Å². The van der Waals surface area contributed by atoms with Crippen molar-refractivity contribution in [3.63, 3.8) is 0 Å². The number of aromatic nitrogens is 1. The van der Waals surface area contributed by atoms with Crippen molar-refractivity contribution in [2.75, 3.05) is 5.32 Å². The Morgan fingerprint density at radius 2 is 2.00 bits per heavy atom. The second kappa shape index (κ2) is 5.48. The van der Waals surface area contributed by atoms with E-state index in [2.05, 4.69) is 10.3 Å². The minimum Gasteiger partial charge on any atom is -0.444 e. The first kappa shape index (κ1) is 14.6. The molecular weight excluding hydrogens is 252 g/mol. The third-order valence-corrected chi connectivity index (χ3v) is 2.98. The zero-order valence-corrected chi connectivity index (χ0v) is 12.1. The molecule has 100 valence electrons. The predicted octanol–water partition coefficient (Wildman–Crippen LogP) is 2.93. The molecule has 0 atom stereocenters. The van der Waals surface area contributed by atoms with Crippen LogP contribution in [-0.4, -0.2) is 22.5 Å². The number of aryl methyl sites for hydroxylation is 1. The van der Waals surface area contributed by atoms with E-state index in [1.165, 1.54) is 18.3 Å². The van der Waals surface area contributed by atoms with Crippen LogP contribution in [0.3, 0.4) is 0 Å². The molecule has 0 bridgehead atoms. The SMILES string of the molecule is CC(=O)Cc1sc(NC(=O)OC(C)(C)C)nc1C. The first-order valence-corrected chi connectivity index (χ1v) is 6.45. The van der Waals surface area contributed by atoms with Crippen molar-refractivity contribution in [1.29, 1.82) is 0 Å². The number of ether oxygens (including phenoxy) is 1. The van der Waals surface area contributed by atoms with Crippen LogP contribution >= 0.6 is 11.3 Å². The molecule has 1 rings (SSSR count). The summed E-state index contributed by atoms with van der Waals surface area (Å²) in [7, 11) is 0. The first-order valence-electron chi connectivity index (χ1n) is 5.63. The standard InChI is InChI=1S/C12H18N2O3S/c1-7(15)6-9-8(2)13-10(18-9)14-11(16)17-12(3,4)5/h6H2,1-5H3,(H,13,14,16). The van der Waals surface area contributed by atoms with Gasteiger partial charge in [-0.1, -0.05) is 0 Å². The number of carbonyl (C=O) groups excluding carboxylic acids is 2. The van der Waals surface area contributed by atoms with Crippen LogP contribution in [-0.2, 0) is 16.0 Å². The number of nitrogens with zero attached hydrogens (tertiary/aromatic N) is 1. The second-order valence-corrected chi connectivity index (χ2v) is 6.12. The molecule has 0 spiro atoms. The Labute approximate surface area is 111 Å². The minimum atomic E-state index is -0.543. The molecule has 18 heavy (non-hydrogen) atoms. The Morgan fingerprint density at radius 3 is 2.50 bits per heavy atom. The summed E-state index contributed by atoms with van der Waals surface area (Å²) in [6.45, 7) is 8.72. The number of amides is 1. The summed E-state index contributed by atoms with van der Waals surface area (Å²) in [6.07, 6.45) is -0.190. The molecule has 0 aliphatic carbocycles. The normalized spacial score (nSPS) is 11.2. The molecule has 1 N–H and O–H groups in total. The number of Topliss-reactive ketones (excluding diaryl/α,β-unsaturated/α-hetero) is 1. The van der Waals surface area contributed by atoms with Gasteiger partial charge in [0.15, 0.2) is 5.13 Å². The van der Waals surface area contributed by atoms with Gasteiger partial charge in [0.25, 0.3) is 0 Å². The van der Waals surface area contributed by atoms with Gasteiger partial charge < -0.3 is 4.74 Å². The van der Waals surface area contributed by atoms with Gasteiger partial charge in [-0.3, -0.25) is 10.1 Å². The van der Waals surface area contributed by atoms with Gasteiger partial charge in [0, 0.05) is 11.3 Å². The highest BCUT2D eigenvalue weighted by atomic mass is 32.1. The van der Waals surface area contributed by atoms with Crippen LogP contribution in [0.2, 0.25) is 0 Å². The molecule has 0 aromatic carbocycles. The summed E-state index contributed by atoms with van der Waals surface area (Å²) in [5.74, 6) is 0.0746. The third-order valence-electron chi connectivity index (χ3n) is 1.91. The fraction of sp³-hybridized carbons (Fsp3) is 0.583. The lowest BCUT2D eigenvalue weighted by molar-refractivity contribution is -0.116. The molecule has 1 aromatic rings. The molecule has 6 heteroatoms. The molecule has 0 radical (unpaired) electrons. The van der Waals surface area contributed by atoms with Crippen molar-refractivity contribution >= 4 is 28.3 Å². The van der Waals surface area contributed by atoms with Gasteiger partial charge in [0.05, 0.1) is 5.69 Å². The maximum atomic E-state index is 11.5.